The fraction of sp³-hybridized carbons (Fsp3) is 0.667. The van der Waals surface area contributed by atoms with E-state index in [4.69, 9.17) is 5.73 Å². The van der Waals surface area contributed by atoms with Gasteiger partial charge in [0, 0.05) is 45.3 Å². The molecule has 8 nitrogen and oxygen atoms in total. The molecule has 1 aromatic rings. The van der Waals surface area contributed by atoms with Crippen molar-refractivity contribution in [2.75, 3.05) is 61.8 Å². The van der Waals surface area contributed by atoms with Crippen molar-refractivity contribution in [3.05, 3.63) is 6.07 Å². The summed E-state index contributed by atoms with van der Waals surface area (Å²) >= 11 is 0. The molecular weight excluding hydrogens is 294 g/mol. The van der Waals surface area contributed by atoms with Crippen molar-refractivity contribution >= 4 is 23.5 Å². The molecule has 0 saturated carbocycles. The Morgan fingerprint density at radius 1 is 1.26 bits per heavy atom. The van der Waals surface area contributed by atoms with Crippen molar-refractivity contribution in [3.63, 3.8) is 0 Å². The van der Waals surface area contributed by atoms with Gasteiger partial charge < -0.3 is 21.3 Å². The number of piperazine rings is 1. The summed E-state index contributed by atoms with van der Waals surface area (Å²) in [6.07, 6.45) is 3.32. The van der Waals surface area contributed by atoms with Crippen LogP contribution in [0.4, 0.5) is 17.6 Å². The molecule has 0 aliphatic carbocycles. The standard InChI is InChI=1S/C15H25N7O/c16-12-10-13(20-15(19-12)22-7-1-2-8-22)17-4-3-6-21-9-5-18-14(23)11-21/h10H,1-9,11H2,(H,18,23)(H3,16,17,19,20). The van der Waals surface area contributed by atoms with Crippen LogP contribution in [0.1, 0.15) is 19.3 Å². The average Bonchev–Trinajstić information content (AvgIpc) is 3.06. The molecule has 2 fully saturated rings. The van der Waals surface area contributed by atoms with E-state index in [-0.39, 0.29) is 5.91 Å². The first-order valence-electron chi connectivity index (χ1n) is 8.33. The Bertz CT molecular complexity index is 545. The Kier molecular flexibility index (Phi) is 5.12. The summed E-state index contributed by atoms with van der Waals surface area (Å²) in [6, 6.07) is 1.77. The molecule has 3 rings (SSSR count). The number of hydrogen-bond donors (Lipinski definition) is 3. The zero-order valence-electron chi connectivity index (χ0n) is 13.4. The van der Waals surface area contributed by atoms with E-state index in [2.05, 4.69) is 30.4 Å². The average molecular weight is 319 g/mol. The van der Waals surface area contributed by atoms with Gasteiger partial charge in [-0.2, -0.15) is 9.97 Å². The van der Waals surface area contributed by atoms with Gasteiger partial charge in [-0.15, -0.1) is 0 Å². The number of aromatic nitrogens is 2. The molecule has 1 amide bonds. The minimum absolute atomic E-state index is 0.114. The molecule has 0 unspecified atom stereocenters. The highest BCUT2D eigenvalue weighted by Crippen LogP contribution is 2.19. The third-order valence-electron chi connectivity index (χ3n) is 4.20. The lowest BCUT2D eigenvalue weighted by atomic mass is 10.3. The number of nitrogens with one attached hydrogen (secondary N) is 2. The number of carbonyl (C=O) groups excluding carboxylic acids is 1. The van der Waals surface area contributed by atoms with Crippen molar-refractivity contribution < 1.29 is 4.79 Å². The lowest BCUT2D eigenvalue weighted by Gasteiger charge is -2.26. The number of hydrogen-bond acceptors (Lipinski definition) is 7. The van der Waals surface area contributed by atoms with E-state index in [1.54, 1.807) is 6.07 Å². The van der Waals surface area contributed by atoms with Crippen LogP contribution in [-0.2, 0) is 4.79 Å². The number of nitrogens with zero attached hydrogens (tertiary/aromatic N) is 4. The maximum atomic E-state index is 11.3. The highest BCUT2D eigenvalue weighted by molar-refractivity contribution is 5.78. The zero-order valence-corrected chi connectivity index (χ0v) is 13.4. The molecule has 2 aliphatic rings. The third kappa shape index (κ3) is 4.44. The second-order valence-corrected chi connectivity index (χ2v) is 6.08. The Morgan fingerprint density at radius 2 is 2.09 bits per heavy atom. The summed E-state index contributed by atoms with van der Waals surface area (Å²) in [4.78, 5) is 24.6. The normalized spacial score (nSPS) is 19.0. The molecular formula is C15H25N7O. The van der Waals surface area contributed by atoms with Crippen LogP contribution >= 0.6 is 0 Å². The van der Waals surface area contributed by atoms with Crippen LogP contribution < -0.4 is 21.3 Å². The van der Waals surface area contributed by atoms with Crippen LogP contribution in [0.2, 0.25) is 0 Å². The topological polar surface area (TPSA) is 99.4 Å². The van der Waals surface area contributed by atoms with Crippen LogP contribution in [0.3, 0.4) is 0 Å². The van der Waals surface area contributed by atoms with Gasteiger partial charge in [0.2, 0.25) is 11.9 Å². The summed E-state index contributed by atoms with van der Waals surface area (Å²) in [7, 11) is 0. The van der Waals surface area contributed by atoms with E-state index in [1.165, 1.54) is 12.8 Å². The zero-order chi connectivity index (χ0) is 16.1. The molecule has 23 heavy (non-hydrogen) atoms. The van der Waals surface area contributed by atoms with Gasteiger partial charge in [-0.25, -0.2) is 0 Å². The van der Waals surface area contributed by atoms with E-state index in [9.17, 15) is 4.79 Å². The van der Waals surface area contributed by atoms with Gasteiger partial charge in [0.05, 0.1) is 6.54 Å². The smallest absolute Gasteiger partial charge is 0.234 e. The summed E-state index contributed by atoms with van der Waals surface area (Å²) < 4.78 is 0. The van der Waals surface area contributed by atoms with Gasteiger partial charge in [-0.3, -0.25) is 9.69 Å². The van der Waals surface area contributed by atoms with Crippen molar-refractivity contribution in [3.8, 4) is 0 Å². The minimum Gasteiger partial charge on any atom is -0.383 e. The number of anilines is 3. The number of amides is 1. The van der Waals surface area contributed by atoms with Gasteiger partial charge in [-0.1, -0.05) is 0 Å². The lowest BCUT2D eigenvalue weighted by molar-refractivity contribution is -0.124. The van der Waals surface area contributed by atoms with Crippen LogP contribution in [0.5, 0.6) is 0 Å². The highest BCUT2D eigenvalue weighted by Gasteiger charge is 2.17. The largest absolute Gasteiger partial charge is 0.383 e. The molecule has 2 aliphatic heterocycles. The Balaban J connectivity index is 1.47. The SMILES string of the molecule is Nc1cc(NCCCN2CCNC(=O)C2)nc(N2CCCC2)n1. The Morgan fingerprint density at radius 3 is 2.87 bits per heavy atom. The first-order valence-corrected chi connectivity index (χ1v) is 8.33. The van der Waals surface area contributed by atoms with Crippen LogP contribution in [0.25, 0.3) is 0 Å². The predicted molar refractivity (Wildman–Crippen MR) is 90.4 cm³/mol. The predicted octanol–water partition coefficient (Wildman–Crippen LogP) is -0.107. The van der Waals surface area contributed by atoms with Gasteiger partial charge in [0.15, 0.2) is 0 Å². The fourth-order valence-electron chi connectivity index (χ4n) is 3.00. The maximum absolute atomic E-state index is 11.3. The molecule has 1 aromatic heterocycles. The van der Waals surface area contributed by atoms with Gasteiger partial charge in [-0.05, 0) is 19.3 Å². The number of nitrogens with two attached hydrogens (primary N) is 1. The molecule has 2 saturated heterocycles. The number of rotatable bonds is 6. The van der Waals surface area contributed by atoms with Crippen molar-refractivity contribution in [1.29, 1.82) is 0 Å². The van der Waals surface area contributed by atoms with E-state index in [0.29, 0.717) is 12.4 Å². The van der Waals surface area contributed by atoms with Crippen molar-refractivity contribution in [1.82, 2.24) is 20.2 Å². The van der Waals surface area contributed by atoms with Crippen LogP contribution in [0.15, 0.2) is 6.07 Å². The Hall–Kier alpha value is -2.09. The molecule has 0 aromatic carbocycles. The van der Waals surface area contributed by atoms with Crippen LogP contribution in [-0.4, -0.2) is 66.6 Å². The first-order chi connectivity index (χ1) is 11.2. The number of nitrogen functional groups attached to an aromatic ring is 1. The van der Waals surface area contributed by atoms with Gasteiger partial charge in [0.25, 0.3) is 0 Å². The Labute approximate surface area is 136 Å². The molecule has 8 heteroatoms. The minimum atomic E-state index is 0.114. The van der Waals surface area contributed by atoms with Crippen molar-refractivity contribution in [2.45, 2.75) is 19.3 Å². The molecule has 0 radical (unpaired) electrons. The molecule has 0 atom stereocenters. The summed E-state index contributed by atoms with van der Waals surface area (Å²) in [5.41, 5.74) is 5.89. The van der Waals surface area contributed by atoms with Crippen molar-refractivity contribution in [2.24, 2.45) is 0 Å². The number of carbonyl (C=O) groups is 1. The fourth-order valence-corrected chi connectivity index (χ4v) is 3.00. The van der Waals surface area contributed by atoms with Gasteiger partial charge >= 0.3 is 0 Å². The third-order valence-corrected chi connectivity index (χ3v) is 4.20. The quantitative estimate of drug-likeness (QED) is 0.629. The van der Waals surface area contributed by atoms with Gasteiger partial charge in [0.1, 0.15) is 11.6 Å². The molecule has 0 bridgehead atoms. The van der Waals surface area contributed by atoms with Crippen LogP contribution in [0, 0.1) is 0 Å². The maximum Gasteiger partial charge on any atom is 0.234 e. The van der Waals surface area contributed by atoms with E-state index >= 15 is 0 Å². The lowest BCUT2D eigenvalue weighted by Crippen LogP contribution is -2.47. The molecule has 126 valence electrons. The summed E-state index contributed by atoms with van der Waals surface area (Å²) in [5.74, 6) is 2.11. The molecule has 0 spiro atoms. The van der Waals surface area contributed by atoms with E-state index < -0.39 is 0 Å². The first kappa shape index (κ1) is 15.8. The second kappa shape index (κ2) is 7.45. The van der Waals surface area contributed by atoms with E-state index in [0.717, 1.165) is 57.5 Å². The molecule has 3 heterocycles. The molecule has 4 N–H and O–H groups in total. The highest BCUT2D eigenvalue weighted by atomic mass is 16.2. The van der Waals surface area contributed by atoms with E-state index in [1.807, 2.05) is 0 Å². The monoisotopic (exact) mass is 319 g/mol. The second-order valence-electron chi connectivity index (χ2n) is 6.08. The summed E-state index contributed by atoms with van der Waals surface area (Å²) in [6.45, 7) is 5.87. The summed E-state index contributed by atoms with van der Waals surface area (Å²) in [5, 5.41) is 6.15.